The first kappa shape index (κ1) is 17.9. The number of carbonyl (C=O) groups is 1. The van der Waals surface area contributed by atoms with E-state index in [0.29, 0.717) is 30.6 Å². The van der Waals surface area contributed by atoms with Crippen molar-refractivity contribution in [1.82, 2.24) is 20.8 Å². The molecular weight excluding hydrogens is 292 g/mol. The highest BCUT2D eigenvalue weighted by Gasteiger charge is 2.22. The molecule has 0 aliphatic carbocycles. The molecular formula is C14H25ClN4O2. The Bertz CT molecular complexity index is 450. The minimum atomic E-state index is 0. The van der Waals surface area contributed by atoms with Crippen LogP contribution < -0.4 is 10.6 Å². The lowest BCUT2D eigenvalue weighted by Gasteiger charge is -2.30. The molecule has 0 radical (unpaired) electrons. The fourth-order valence-corrected chi connectivity index (χ4v) is 2.34. The van der Waals surface area contributed by atoms with Gasteiger partial charge >= 0.3 is 0 Å². The smallest absolute Gasteiger partial charge is 0.227 e. The van der Waals surface area contributed by atoms with Gasteiger partial charge < -0.3 is 15.2 Å². The second kappa shape index (κ2) is 8.34. The zero-order valence-corrected chi connectivity index (χ0v) is 13.7. The minimum Gasteiger partial charge on any atom is -0.352 e. The summed E-state index contributed by atoms with van der Waals surface area (Å²) < 4.78 is 5.13. The maximum Gasteiger partial charge on any atom is 0.227 e. The lowest BCUT2D eigenvalue weighted by Crippen LogP contribution is -2.51. The highest BCUT2D eigenvalue weighted by atomic mass is 35.5. The summed E-state index contributed by atoms with van der Waals surface area (Å²) in [6, 6.07) is 0.564. The molecule has 1 saturated heterocycles. The van der Waals surface area contributed by atoms with Crippen LogP contribution in [0.1, 0.15) is 57.7 Å². The summed E-state index contributed by atoms with van der Waals surface area (Å²) in [6.07, 6.45) is 3.04. The number of nitrogens with one attached hydrogen (secondary N) is 2. The SMILES string of the molecule is CC(C)c1noc(CCC(=O)NC2CCCNC2C)n1.Cl. The molecule has 2 heterocycles. The van der Waals surface area contributed by atoms with E-state index in [4.69, 9.17) is 4.52 Å². The predicted molar refractivity (Wildman–Crippen MR) is 82.6 cm³/mol. The molecule has 2 N–H and O–H groups in total. The molecule has 1 aromatic rings. The second-order valence-corrected chi connectivity index (χ2v) is 5.76. The van der Waals surface area contributed by atoms with Crippen molar-refractivity contribution in [3.8, 4) is 0 Å². The third-order valence-electron chi connectivity index (χ3n) is 3.67. The predicted octanol–water partition coefficient (Wildman–Crippen LogP) is 1.80. The van der Waals surface area contributed by atoms with Gasteiger partial charge in [0.25, 0.3) is 0 Å². The molecule has 1 amide bonds. The topological polar surface area (TPSA) is 80.0 Å². The van der Waals surface area contributed by atoms with Gasteiger partial charge in [0.05, 0.1) is 0 Å². The highest BCUT2D eigenvalue weighted by Crippen LogP contribution is 2.11. The van der Waals surface area contributed by atoms with Crippen LogP contribution in [0.15, 0.2) is 4.52 Å². The third kappa shape index (κ3) is 5.28. The van der Waals surface area contributed by atoms with E-state index in [9.17, 15) is 4.79 Å². The fraction of sp³-hybridized carbons (Fsp3) is 0.786. The maximum atomic E-state index is 11.9. The number of piperidine rings is 1. The van der Waals surface area contributed by atoms with Crippen molar-refractivity contribution in [2.45, 2.75) is 64.5 Å². The Morgan fingerprint density at radius 3 is 2.90 bits per heavy atom. The number of amides is 1. The minimum absolute atomic E-state index is 0. The fourth-order valence-electron chi connectivity index (χ4n) is 2.34. The van der Waals surface area contributed by atoms with Gasteiger partial charge in [0, 0.05) is 30.8 Å². The van der Waals surface area contributed by atoms with Crippen LogP contribution in [0.2, 0.25) is 0 Å². The van der Waals surface area contributed by atoms with Gasteiger partial charge in [0.15, 0.2) is 5.82 Å². The Hall–Kier alpha value is -1.14. The van der Waals surface area contributed by atoms with Gasteiger partial charge in [-0.05, 0) is 26.3 Å². The van der Waals surface area contributed by atoms with Crippen molar-refractivity contribution in [1.29, 1.82) is 0 Å². The molecule has 1 fully saturated rings. The van der Waals surface area contributed by atoms with Crippen LogP contribution >= 0.6 is 12.4 Å². The largest absolute Gasteiger partial charge is 0.352 e. The van der Waals surface area contributed by atoms with Crippen molar-refractivity contribution in [2.75, 3.05) is 6.54 Å². The molecule has 0 saturated carbocycles. The van der Waals surface area contributed by atoms with Gasteiger partial charge in [-0.1, -0.05) is 19.0 Å². The standard InChI is InChI=1S/C14H24N4O2.ClH/c1-9(2)14-17-13(20-18-14)7-6-12(19)16-11-5-4-8-15-10(11)3;/h9-11,15H,4-8H2,1-3H3,(H,16,19);1H. The number of hydrogen-bond acceptors (Lipinski definition) is 5. The highest BCUT2D eigenvalue weighted by molar-refractivity contribution is 5.85. The Balaban J connectivity index is 0.00000220. The summed E-state index contributed by atoms with van der Waals surface area (Å²) in [7, 11) is 0. The van der Waals surface area contributed by atoms with E-state index in [-0.39, 0.29) is 30.3 Å². The van der Waals surface area contributed by atoms with Crippen LogP contribution in [0.25, 0.3) is 0 Å². The Labute approximate surface area is 131 Å². The van der Waals surface area contributed by atoms with E-state index in [1.807, 2.05) is 13.8 Å². The first-order valence-corrected chi connectivity index (χ1v) is 7.41. The Morgan fingerprint density at radius 1 is 1.52 bits per heavy atom. The molecule has 0 bridgehead atoms. The molecule has 2 unspecified atom stereocenters. The van der Waals surface area contributed by atoms with Crippen molar-refractivity contribution < 1.29 is 9.32 Å². The molecule has 1 aromatic heterocycles. The maximum absolute atomic E-state index is 11.9. The van der Waals surface area contributed by atoms with E-state index in [2.05, 4.69) is 27.7 Å². The monoisotopic (exact) mass is 316 g/mol. The summed E-state index contributed by atoms with van der Waals surface area (Å²) in [4.78, 5) is 16.2. The normalized spacial score (nSPS) is 21.9. The van der Waals surface area contributed by atoms with Crippen LogP contribution in [0, 0.1) is 0 Å². The zero-order valence-electron chi connectivity index (χ0n) is 12.9. The summed E-state index contributed by atoms with van der Waals surface area (Å²) >= 11 is 0. The number of hydrogen-bond donors (Lipinski definition) is 2. The lowest BCUT2D eigenvalue weighted by molar-refractivity contribution is -0.122. The number of aryl methyl sites for hydroxylation is 1. The van der Waals surface area contributed by atoms with E-state index in [1.165, 1.54) is 0 Å². The summed E-state index contributed by atoms with van der Waals surface area (Å²) in [5.74, 6) is 1.54. The van der Waals surface area contributed by atoms with Crippen LogP contribution in [0.4, 0.5) is 0 Å². The van der Waals surface area contributed by atoms with Gasteiger partial charge in [-0.15, -0.1) is 12.4 Å². The molecule has 1 aliphatic heterocycles. The summed E-state index contributed by atoms with van der Waals surface area (Å²) in [5.41, 5.74) is 0. The molecule has 21 heavy (non-hydrogen) atoms. The third-order valence-corrected chi connectivity index (χ3v) is 3.67. The molecule has 1 aliphatic rings. The number of aromatic nitrogens is 2. The number of halogens is 1. The van der Waals surface area contributed by atoms with E-state index in [1.54, 1.807) is 0 Å². The van der Waals surface area contributed by atoms with Crippen LogP contribution in [-0.4, -0.2) is 34.7 Å². The lowest BCUT2D eigenvalue weighted by atomic mass is 10.00. The van der Waals surface area contributed by atoms with Gasteiger partial charge in [0.2, 0.25) is 11.8 Å². The number of rotatable bonds is 5. The molecule has 0 aromatic carbocycles. The molecule has 2 rings (SSSR count). The number of nitrogens with zero attached hydrogens (tertiary/aromatic N) is 2. The van der Waals surface area contributed by atoms with Gasteiger partial charge in [-0.3, -0.25) is 4.79 Å². The van der Waals surface area contributed by atoms with E-state index < -0.39 is 0 Å². The molecule has 0 spiro atoms. The van der Waals surface area contributed by atoms with E-state index in [0.717, 1.165) is 19.4 Å². The number of carbonyl (C=O) groups excluding carboxylic acids is 1. The second-order valence-electron chi connectivity index (χ2n) is 5.76. The van der Waals surface area contributed by atoms with Crippen molar-refractivity contribution in [3.63, 3.8) is 0 Å². The van der Waals surface area contributed by atoms with Crippen molar-refractivity contribution in [3.05, 3.63) is 11.7 Å². The molecule has 2 atom stereocenters. The van der Waals surface area contributed by atoms with E-state index >= 15 is 0 Å². The summed E-state index contributed by atoms with van der Waals surface area (Å²) in [6.45, 7) is 7.17. The molecule has 120 valence electrons. The molecule has 6 nitrogen and oxygen atoms in total. The average Bonchev–Trinajstić information content (AvgIpc) is 2.88. The first-order valence-electron chi connectivity index (χ1n) is 7.41. The van der Waals surface area contributed by atoms with Crippen molar-refractivity contribution >= 4 is 18.3 Å². The first-order chi connectivity index (χ1) is 9.56. The van der Waals surface area contributed by atoms with Crippen LogP contribution in [-0.2, 0) is 11.2 Å². The summed E-state index contributed by atoms with van der Waals surface area (Å²) in [5, 5.41) is 10.3. The van der Waals surface area contributed by atoms with Crippen LogP contribution in [0.3, 0.4) is 0 Å². The van der Waals surface area contributed by atoms with Gasteiger partial charge in [-0.2, -0.15) is 4.98 Å². The van der Waals surface area contributed by atoms with Gasteiger partial charge in [0.1, 0.15) is 0 Å². The van der Waals surface area contributed by atoms with Crippen molar-refractivity contribution in [2.24, 2.45) is 0 Å². The van der Waals surface area contributed by atoms with Gasteiger partial charge in [-0.25, -0.2) is 0 Å². The van der Waals surface area contributed by atoms with Crippen LogP contribution in [0.5, 0.6) is 0 Å². The zero-order chi connectivity index (χ0) is 14.5. The molecule has 7 heteroatoms. The Kier molecular flexibility index (Phi) is 7.11. The quantitative estimate of drug-likeness (QED) is 0.866. The Morgan fingerprint density at radius 2 is 2.29 bits per heavy atom. The average molecular weight is 317 g/mol.